The topological polar surface area (TPSA) is 58.2 Å². The summed E-state index contributed by atoms with van der Waals surface area (Å²) in [5.74, 6) is 0.773. The number of sulfonamides is 1. The van der Waals surface area contributed by atoms with Crippen LogP contribution in [0.5, 0.6) is 0 Å². The molecule has 7 heteroatoms. The van der Waals surface area contributed by atoms with Crippen LogP contribution in [-0.2, 0) is 16.6 Å². The van der Waals surface area contributed by atoms with E-state index in [4.69, 9.17) is 0 Å². The van der Waals surface area contributed by atoms with Gasteiger partial charge in [-0.15, -0.1) is 11.3 Å². The maximum Gasteiger partial charge on any atom is 0.250 e. The van der Waals surface area contributed by atoms with Gasteiger partial charge in [-0.3, -0.25) is 0 Å². The molecule has 4 nitrogen and oxygen atoms in total. The second-order valence-electron chi connectivity index (χ2n) is 4.38. The SMILES string of the molecule is CCCNCc1ccc(S(=O)(=O)NC(C)CSC)s1. The molecular formula is C12H22N2O2S3. The molecule has 1 unspecified atom stereocenters. The Bertz CT molecular complexity index is 471. The molecule has 0 bridgehead atoms. The van der Waals surface area contributed by atoms with Crippen LogP contribution in [0, 0.1) is 0 Å². The third-order valence-corrected chi connectivity index (χ3v) is 6.40. The molecule has 1 atom stereocenters. The summed E-state index contributed by atoms with van der Waals surface area (Å²) in [7, 11) is -3.36. The molecule has 0 aliphatic heterocycles. The summed E-state index contributed by atoms with van der Waals surface area (Å²) in [6.07, 6.45) is 3.04. The molecule has 0 saturated heterocycles. The number of thioether (sulfide) groups is 1. The van der Waals surface area contributed by atoms with E-state index in [1.807, 2.05) is 19.2 Å². The highest BCUT2D eigenvalue weighted by molar-refractivity contribution is 7.98. The van der Waals surface area contributed by atoms with Crippen molar-refractivity contribution in [2.75, 3.05) is 18.6 Å². The Morgan fingerprint density at radius 3 is 2.79 bits per heavy atom. The quantitative estimate of drug-likeness (QED) is 0.685. The molecule has 0 aliphatic rings. The Balaban J connectivity index is 2.63. The number of rotatable bonds is 9. The molecule has 0 saturated carbocycles. The fraction of sp³-hybridized carbons (Fsp3) is 0.667. The van der Waals surface area contributed by atoms with Crippen molar-refractivity contribution in [1.29, 1.82) is 0 Å². The van der Waals surface area contributed by atoms with Crippen LogP contribution < -0.4 is 10.0 Å². The van der Waals surface area contributed by atoms with Gasteiger partial charge in [-0.05, 0) is 38.3 Å². The standard InChI is InChI=1S/C12H22N2O2S3/c1-4-7-13-8-11-5-6-12(18-11)19(15,16)14-10(2)9-17-3/h5-6,10,13-14H,4,7-9H2,1-3H3. The lowest BCUT2D eigenvalue weighted by Crippen LogP contribution is -2.33. The fourth-order valence-electron chi connectivity index (χ4n) is 1.59. The van der Waals surface area contributed by atoms with Crippen LogP contribution in [-0.4, -0.2) is 33.0 Å². The smallest absolute Gasteiger partial charge is 0.250 e. The van der Waals surface area contributed by atoms with E-state index in [0.717, 1.165) is 30.1 Å². The van der Waals surface area contributed by atoms with Gasteiger partial charge in [-0.2, -0.15) is 11.8 Å². The van der Waals surface area contributed by atoms with Gasteiger partial charge < -0.3 is 5.32 Å². The molecule has 110 valence electrons. The van der Waals surface area contributed by atoms with Crippen LogP contribution in [0.2, 0.25) is 0 Å². The average Bonchev–Trinajstić information content (AvgIpc) is 2.78. The predicted molar refractivity (Wildman–Crippen MR) is 84.5 cm³/mol. The van der Waals surface area contributed by atoms with Gasteiger partial charge in [0.25, 0.3) is 0 Å². The predicted octanol–water partition coefficient (Wildman–Crippen LogP) is 2.28. The van der Waals surface area contributed by atoms with Crippen molar-refractivity contribution in [2.24, 2.45) is 0 Å². The maximum absolute atomic E-state index is 12.1. The van der Waals surface area contributed by atoms with E-state index in [1.165, 1.54) is 11.3 Å². The zero-order valence-electron chi connectivity index (χ0n) is 11.6. The van der Waals surface area contributed by atoms with Crippen LogP contribution >= 0.6 is 23.1 Å². The molecule has 0 spiro atoms. The van der Waals surface area contributed by atoms with Crippen LogP contribution in [0.3, 0.4) is 0 Å². The summed E-state index contributed by atoms with van der Waals surface area (Å²) in [4.78, 5) is 1.05. The number of thiophene rings is 1. The largest absolute Gasteiger partial charge is 0.312 e. The van der Waals surface area contributed by atoms with E-state index in [-0.39, 0.29) is 6.04 Å². The third kappa shape index (κ3) is 5.83. The van der Waals surface area contributed by atoms with E-state index < -0.39 is 10.0 Å². The van der Waals surface area contributed by atoms with Crippen molar-refractivity contribution in [2.45, 2.75) is 37.1 Å². The Morgan fingerprint density at radius 2 is 2.16 bits per heavy atom. The molecule has 1 rings (SSSR count). The van der Waals surface area contributed by atoms with Crippen molar-refractivity contribution in [3.8, 4) is 0 Å². The molecule has 0 amide bonds. The van der Waals surface area contributed by atoms with Gasteiger partial charge in [0.1, 0.15) is 4.21 Å². The normalized spacial score (nSPS) is 13.6. The molecule has 0 fully saturated rings. The minimum absolute atomic E-state index is 0.0521. The second-order valence-corrected chi connectivity index (χ2v) is 8.40. The third-order valence-electron chi connectivity index (χ3n) is 2.40. The van der Waals surface area contributed by atoms with E-state index in [2.05, 4.69) is 17.0 Å². The van der Waals surface area contributed by atoms with Crippen molar-refractivity contribution in [1.82, 2.24) is 10.0 Å². The van der Waals surface area contributed by atoms with Crippen LogP contribution in [0.15, 0.2) is 16.3 Å². The van der Waals surface area contributed by atoms with Gasteiger partial charge in [0.2, 0.25) is 10.0 Å². The molecule has 2 N–H and O–H groups in total. The number of hydrogen-bond donors (Lipinski definition) is 2. The van der Waals surface area contributed by atoms with E-state index >= 15 is 0 Å². The lowest BCUT2D eigenvalue weighted by Gasteiger charge is -2.11. The zero-order valence-corrected chi connectivity index (χ0v) is 14.1. The van der Waals surface area contributed by atoms with Gasteiger partial charge in [0, 0.05) is 23.2 Å². The highest BCUT2D eigenvalue weighted by Gasteiger charge is 2.19. The first-order valence-electron chi connectivity index (χ1n) is 6.30. The molecule has 0 aromatic carbocycles. The Hall–Kier alpha value is -0.0800. The molecule has 1 heterocycles. The van der Waals surface area contributed by atoms with E-state index in [0.29, 0.717) is 4.21 Å². The summed E-state index contributed by atoms with van der Waals surface area (Å²) in [5, 5.41) is 3.27. The van der Waals surface area contributed by atoms with Gasteiger partial charge in [-0.1, -0.05) is 6.92 Å². The number of hydrogen-bond acceptors (Lipinski definition) is 5. The minimum atomic E-state index is -3.36. The van der Waals surface area contributed by atoms with Crippen molar-refractivity contribution in [3.63, 3.8) is 0 Å². The Labute approximate surface area is 124 Å². The van der Waals surface area contributed by atoms with Crippen molar-refractivity contribution in [3.05, 3.63) is 17.0 Å². The first kappa shape index (κ1) is 17.0. The second kappa shape index (κ2) is 8.26. The van der Waals surface area contributed by atoms with Crippen LogP contribution in [0.1, 0.15) is 25.1 Å². The zero-order chi connectivity index (χ0) is 14.3. The lowest BCUT2D eigenvalue weighted by molar-refractivity contribution is 0.573. The highest BCUT2D eigenvalue weighted by atomic mass is 32.2. The molecular weight excluding hydrogens is 300 g/mol. The summed E-state index contributed by atoms with van der Waals surface area (Å²) < 4.78 is 27.4. The molecule has 1 aromatic rings. The van der Waals surface area contributed by atoms with Gasteiger partial charge in [0.05, 0.1) is 0 Å². The molecule has 0 aliphatic carbocycles. The monoisotopic (exact) mass is 322 g/mol. The van der Waals surface area contributed by atoms with Gasteiger partial charge >= 0.3 is 0 Å². The fourth-order valence-corrected chi connectivity index (χ4v) is 4.87. The average molecular weight is 323 g/mol. The summed E-state index contributed by atoms with van der Waals surface area (Å²) in [5.41, 5.74) is 0. The number of nitrogens with one attached hydrogen (secondary N) is 2. The van der Waals surface area contributed by atoms with E-state index in [9.17, 15) is 8.42 Å². The van der Waals surface area contributed by atoms with Gasteiger partial charge in [-0.25, -0.2) is 13.1 Å². The maximum atomic E-state index is 12.1. The Kier molecular flexibility index (Phi) is 7.38. The van der Waals surface area contributed by atoms with Gasteiger partial charge in [0.15, 0.2) is 0 Å². The van der Waals surface area contributed by atoms with E-state index in [1.54, 1.807) is 17.8 Å². The van der Waals surface area contributed by atoms with Crippen molar-refractivity contribution < 1.29 is 8.42 Å². The Morgan fingerprint density at radius 1 is 1.42 bits per heavy atom. The highest BCUT2D eigenvalue weighted by Crippen LogP contribution is 2.21. The lowest BCUT2D eigenvalue weighted by atomic mass is 10.4. The first-order chi connectivity index (χ1) is 8.99. The molecule has 0 radical (unpaired) electrons. The molecule has 1 aromatic heterocycles. The first-order valence-corrected chi connectivity index (χ1v) is 9.99. The summed E-state index contributed by atoms with van der Waals surface area (Å²) in [6, 6.07) is 3.51. The minimum Gasteiger partial charge on any atom is -0.312 e. The summed E-state index contributed by atoms with van der Waals surface area (Å²) in [6.45, 7) is 5.66. The van der Waals surface area contributed by atoms with Crippen LogP contribution in [0.25, 0.3) is 0 Å². The molecule has 19 heavy (non-hydrogen) atoms. The van der Waals surface area contributed by atoms with Crippen molar-refractivity contribution >= 4 is 33.1 Å². The van der Waals surface area contributed by atoms with Crippen LogP contribution in [0.4, 0.5) is 0 Å². The summed E-state index contributed by atoms with van der Waals surface area (Å²) >= 11 is 2.96.